The van der Waals surface area contributed by atoms with Crippen LogP contribution < -0.4 is 5.73 Å². The number of rotatable bonds is 6. The predicted molar refractivity (Wildman–Crippen MR) is 74.8 cm³/mol. The van der Waals surface area contributed by atoms with E-state index in [4.69, 9.17) is 10.3 Å². The van der Waals surface area contributed by atoms with Crippen molar-refractivity contribution in [3.8, 4) is 0 Å². The number of aromatic nitrogens is 2. The topological polar surface area (TPSA) is 64.9 Å². The van der Waals surface area contributed by atoms with Gasteiger partial charge in [0.1, 0.15) is 11.6 Å². The van der Waals surface area contributed by atoms with Gasteiger partial charge in [0.25, 0.3) is 0 Å². The summed E-state index contributed by atoms with van der Waals surface area (Å²) in [6, 6.07) is 3.35. The molecule has 4 nitrogen and oxygen atoms in total. The van der Waals surface area contributed by atoms with Gasteiger partial charge < -0.3 is 10.3 Å². The molecule has 0 saturated heterocycles. The van der Waals surface area contributed by atoms with Crippen molar-refractivity contribution in [2.75, 3.05) is 6.54 Å². The van der Waals surface area contributed by atoms with Crippen molar-refractivity contribution in [1.29, 1.82) is 0 Å². The second-order valence-corrected chi connectivity index (χ2v) is 5.16. The van der Waals surface area contributed by atoms with Crippen LogP contribution in [0.1, 0.15) is 44.0 Å². The fourth-order valence-electron chi connectivity index (χ4n) is 2.37. The predicted octanol–water partition coefficient (Wildman–Crippen LogP) is 2.96. The van der Waals surface area contributed by atoms with Crippen molar-refractivity contribution in [3.63, 3.8) is 0 Å². The second kappa shape index (κ2) is 6.30. The van der Waals surface area contributed by atoms with Gasteiger partial charge in [-0.2, -0.15) is 4.98 Å². The number of halogens is 2. The first kappa shape index (κ1) is 15.6. The Morgan fingerprint density at radius 3 is 2.29 bits per heavy atom. The Kier molecular flexibility index (Phi) is 4.67. The molecule has 0 unspecified atom stereocenters. The van der Waals surface area contributed by atoms with Crippen LogP contribution in [0.4, 0.5) is 8.78 Å². The molecular formula is C15H19F2N3O. The minimum atomic E-state index is -0.618. The Balaban J connectivity index is 2.24. The van der Waals surface area contributed by atoms with Gasteiger partial charge >= 0.3 is 0 Å². The third kappa shape index (κ3) is 3.26. The lowest BCUT2D eigenvalue weighted by atomic mass is 9.82. The van der Waals surface area contributed by atoms with Crippen LogP contribution in [0.15, 0.2) is 22.7 Å². The Labute approximate surface area is 122 Å². The highest BCUT2D eigenvalue weighted by atomic mass is 19.1. The van der Waals surface area contributed by atoms with E-state index < -0.39 is 11.6 Å². The van der Waals surface area contributed by atoms with Crippen LogP contribution in [0, 0.1) is 11.6 Å². The number of hydrogen-bond acceptors (Lipinski definition) is 4. The molecule has 0 saturated carbocycles. The SMILES string of the molecule is CCC(CC)(CN)c1nc(Cc2cc(F)cc(F)c2)no1. The number of hydrogen-bond donors (Lipinski definition) is 1. The van der Waals surface area contributed by atoms with E-state index in [1.807, 2.05) is 13.8 Å². The zero-order valence-electron chi connectivity index (χ0n) is 12.2. The maximum Gasteiger partial charge on any atom is 0.234 e. The molecule has 0 spiro atoms. The maximum atomic E-state index is 13.2. The van der Waals surface area contributed by atoms with E-state index in [1.54, 1.807) is 0 Å². The smallest absolute Gasteiger partial charge is 0.234 e. The summed E-state index contributed by atoms with van der Waals surface area (Å²) in [4.78, 5) is 4.35. The molecule has 0 aliphatic carbocycles. The molecule has 114 valence electrons. The third-order valence-electron chi connectivity index (χ3n) is 3.95. The zero-order valence-corrected chi connectivity index (χ0v) is 12.2. The van der Waals surface area contributed by atoms with Crippen LogP contribution in [0.25, 0.3) is 0 Å². The molecule has 21 heavy (non-hydrogen) atoms. The molecule has 0 aliphatic rings. The van der Waals surface area contributed by atoms with Crippen molar-refractivity contribution < 1.29 is 13.3 Å². The highest BCUT2D eigenvalue weighted by molar-refractivity contribution is 5.21. The molecule has 1 aromatic heterocycles. The summed E-state index contributed by atoms with van der Waals surface area (Å²) in [5.74, 6) is -0.351. The Hall–Kier alpha value is -1.82. The molecule has 2 aromatic rings. The van der Waals surface area contributed by atoms with Gasteiger partial charge in [-0.15, -0.1) is 0 Å². The lowest BCUT2D eigenvalue weighted by Gasteiger charge is -2.24. The van der Waals surface area contributed by atoms with Crippen molar-refractivity contribution in [3.05, 3.63) is 47.1 Å². The number of nitrogens with two attached hydrogens (primary N) is 1. The summed E-state index contributed by atoms with van der Waals surface area (Å²) in [5.41, 5.74) is 5.96. The van der Waals surface area contributed by atoms with Crippen molar-refractivity contribution in [1.82, 2.24) is 10.1 Å². The fourth-order valence-corrected chi connectivity index (χ4v) is 2.37. The largest absolute Gasteiger partial charge is 0.339 e. The summed E-state index contributed by atoms with van der Waals surface area (Å²) in [6.07, 6.45) is 1.79. The van der Waals surface area contributed by atoms with Crippen LogP contribution >= 0.6 is 0 Å². The number of benzene rings is 1. The number of nitrogens with zero attached hydrogens (tertiary/aromatic N) is 2. The van der Waals surface area contributed by atoms with Crippen molar-refractivity contribution in [2.24, 2.45) is 5.73 Å². The van der Waals surface area contributed by atoms with E-state index in [-0.39, 0.29) is 11.8 Å². The first-order valence-corrected chi connectivity index (χ1v) is 7.01. The molecule has 1 aromatic carbocycles. The second-order valence-electron chi connectivity index (χ2n) is 5.16. The summed E-state index contributed by atoms with van der Waals surface area (Å²) in [7, 11) is 0. The molecule has 0 radical (unpaired) electrons. The van der Waals surface area contributed by atoms with Gasteiger partial charge in [0, 0.05) is 19.0 Å². The summed E-state index contributed by atoms with van der Waals surface area (Å²) < 4.78 is 31.6. The molecule has 2 N–H and O–H groups in total. The van der Waals surface area contributed by atoms with Crippen LogP contribution in [0.5, 0.6) is 0 Å². The summed E-state index contributed by atoms with van der Waals surface area (Å²) >= 11 is 0. The molecule has 0 fully saturated rings. The van der Waals surface area contributed by atoms with Gasteiger partial charge in [-0.05, 0) is 30.5 Å². The summed E-state index contributed by atoms with van der Waals surface area (Å²) in [6.45, 7) is 4.45. The van der Waals surface area contributed by atoms with E-state index >= 15 is 0 Å². The third-order valence-corrected chi connectivity index (χ3v) is 3.95. The normalized spacial score (nSPS) is 11.9. The molecule has 0 amide bonds. The van der Waals surface area contributed by atoms with Gasteiger partial charge in [-0.1, -0.05) is 19.0 Å². The van der Waals surface area contributed by atoms with Gasteiger partial charge in [0.2, 0.25) is 5.89 Å². The van der Waals surface area contributed by atoms with Gasteiger partial charge in [0.15, 0.2) is 5.82 Å². The van der Waals surface area contributed by atoms with Crippen LogP contribution in [0.2, 0.25) is 0 Å². The van der Waals surface area contributed by atoms with Gasteiger partial charge in [-0.25, -0.2) is 8.78 Å². The fraction of sp³-hybridized carbons (Fsp3) is 0.467. The Bertz CT molecular complexity index is 580. The molecule has 0 atom stereocenters. The van der Waals surface area contributed by atoms with Crippen LogP contribution in [-0.4, -0.2) is 16.7 Å². The maximum absolute atomic E-state index is 13.2. The summed E-state index contributed by atoms with van der Waals surface area (Å²) in [5, 5.41) is 3.89. The van der Waals surface area contributed by atoms with E-state index in [1.165, 1.54) is 12.1 Å². The minimum Gasteiger partial charge on any atom is -0.339 e. The van der Waals surface area contributed by atoms with Crippen molar-refractivity contribution in [2.45, 2.75) is 38.5 Å². The van der Waals surface area contributed by atoms with Crippen molar-refractivity contribution >= 4 is 0 Å². The van der Waals surface area contributed by atoms with E-state index in [0.29, 0.717) is 23.8 Å². The quantitative estimate of drug-likeness (QED) is 0.890. The first-order chi connectivity index (χ1) is 10.0. The van der Waals surface area contributed by atoms with E-state index in [2.05, 4.69) is 10.1 Å². The lowest BCUT2D eigenvalue weighted by Crippen LogP contribution is -2.34. The molecule has 0 aliphatic heterocycles. The standard InChI is InChI=1S/C15H19F2N3O/c1-3-15(4-2,9-18)14-19-13(20-21-14)7-10-5-11(16)8-12(17)6-10/h5-6,8H,3-4,7,9,18H2,1-2H3. The van der Waals surface area contributed by atoms with Crippen LogP contribution in [-0.2, 0) is 11.8 Å². The molecule has 6 heteroatoms. The molecule has 1 heterocycles. The first-order valence-electron chi connectivity index (χ1n) is 7.01. The average molecular weight is 295 g/mol. The molecule has 0 bridgehead atoms. The molecule has 2 rings (SSSR count). The van der Waals surface area contributed by atoms with Gasteiger partial charge in [-0.3, -0.25) is 0 Å². The van der Waals surface area contributed by atoms with E-state index in [0.717, 1.165) is 18.9 Å². The highest BCUT2D eigenvalue weighted by Crippen LogP contribution is 2.29. The molecular weight excluding hydrogens is 276 g/mol. The highest BCUT2D eigenvalue weighted by Gasteiger charge is 2.33. The average Bonchev–Trinajstić information content (AvgIpc) is 2.89. The van der Waals surface area contributed by atoms with E-state index in [9.17, 15) is 8.78 Å². The Morgan fingerprint density at radius 1 is 1.14 bits per heavy atom. The van der Waals surface area contributed by atoms with Gasteiger partial charge in [0.05, 0.1) is 5.41 Å². The Morgan fingerprint density at radius 2 is 1.76 bits per heavy atom. The monoisotopic (exact) mass is 295 g/mol. The minimum absolute atomic E-state index is 0.215. The van der Waals surface area contributed by atoms with Crippen LogP contribution in [0.3, 0.4) is 0 Å². The lowest BCUT2D eigenvalue weighted by molar-refractivity contribution is 0.266. The zero-order chi connectivity index (χ0) is 15.5.